The summed E-state index contributed by atoms with van der Waals surface area (Å²) in [7, 11) is 0. The second-order valence-electron chi connectivity index (χ2n) is 4.21. The van der Waals surface area contributed by atoms with Gasteiger partial charge in [0, 0.05) is 23.4 Å². The summed E-state index contributed by atoms with van der Waals surface area (Å²) in [5, 5.41) is 9.67. The van der Waals surface area contributed by atoms with E-state index in [1.165, 1.54) is 0 Å². The number of nitrogens with zero attached hydrogens (tertiary/aromatic N) is 1. The summed E-state index contributed by atoms with van der Waals surface area (Å²) in [6.45, 7) is 6.03. The van der Waals surface area contributed by atoms with Crippen molar-refractivity contribution in [3.05, 3.63) is 30.1 Å². The summed E-state index contributed by atoms with van der Waals surface area (Å²) in [6, 6.07) is 3.60. The molecule has 0 saturated carbocycles. The lowest BCUT2D eigenvalue weighted by atomic mass is 9.97. The second kappa shape index (κ2) is 4.26. The minimum Gasteiger partial charge on any atom is -0.376 e. The van der Waals surface area contributed by atoms with Gasteiger partial charge in [0.1, 0.15) is 6.10 Å². The third-order valence-corrected chi connectivity index (χ3v) is 1.58. The molecule has 1 unspecified atom stereocenters. The Morgan fingerprint density at radius 1 is 1.43 bits per heavy atom. The van der Waals surface area contributed by atoms with Crippen molar-refractivity contribution >= 4 is 0 Å². The lowest BCUT2D eigenvalue weighted by Crippen LogP contribution is -2.01. The quantitative estimate of drug-likeness (QED) is 0.687. The Kier molecular flexibility index (Phi) is 3.27. The summed E-state index contributed by atoms with van der Waals surface area (Å²) in [5.74, 6) is 5.80. The highest BCUT2D eigenvalue weighted by molar-refractivity contribution is 5.23. The molecule has 74 valence electrons. The maximum absolute atomic E-state index is 9.67. The zero-order valence-electron chi connectivity index (χ0n) is 8.78. The second-order valence-corrected chi connectivity index (χ2v) is 4.21. The van der Waals surface area contributed by atoms with Crippen LogP contribution in [0, 0.1) is 17.3 Å². The van der Waals surface area contributed by atoms with Crippen molar-refractivity contribution in [3.63, 3.8) is 0 Å². The topological polar surface area (TPSA) is 33.1 Å². The standard InChI is InChI=1S/C12H15NO/c1-12(2,3)7-6-11(14)10-5-4-8-13-9-10/h4-5,8-9,11,14H,1-3H3. The number of hydrogen-bond donors (Lipinski definition) is 1. The molecule has 0 aliphatic carbocycles. The predicted octanol–water partition coefficient (Wildman–Crippen LogP) is 2.16. The van der Waals surface area contributed by atoms with Gasteiger partial charge in [-0.3, -0.25) is 4.98 Å². The van der Waals surface area contributed by atoms with Crippen molar-refractivity contribution in [2.75, 3.05) is 0 Å². The van der Waals surface area contributed by atoms with Crippen molar-refractivity contribution in [1.82, 2.24) is 4.98 Å². The first-order chi connectivity index (χ1) is 6.49. The predicted molar refractivity (Wildman–Crippen MR) is 56.4 cm³/mol. The molecule has 0 radical (unpaired) electrons. The maximum Gasteiger partial charge on any atom is 0.141 e. The molecule has 0 aliphatic rings. The molecule has 0 aliphatic heterocycles. The molecule has 0 bridgehead atoms. The molecule has 0 amide bonds. The summed E-state index contributed by atoms with van der Waals surface area (Å²) >= 11 is 0. The van der Waals surface area contributed by atoms with Crippen LogP contribution in [0.4, 0.5) is 0 Å². The molecule has 0 spiro atoms. The largest absolute Gasteiger partial charge is 0.376 e. The number of rotatable bonds is 1. The van der Waals surface area contributed by atoms with Crippen molar-refractivity contribution in [3.8, 4) is 11.8 Å². The minimum absolute atomic E-state index is 0.0802. The van der Waals surface area contributed by atoms with E-state index >= 15 is 0 Å². The first-order valence-electron chi connectivity index (χ1n) is 4.60. The van der Waals surface area contributed by atoms with Crippen molar-refractivity contribution in [1.29, 1.82) is 0 Å². The maximum atomic E-state index is 9.67. The van der Waals surface area contributed by atoms with Crippen molar-refractivity contribution in [2.24, 2.45) is 5.41 Å². The third kappa shape index (κ3) is 3.59. The zero-order chi connectivity index (χ0) is 10.6. The lowest BCUT2D eigenvalue weighted by Gasteiger charge is -2.08. The third-order valence-electron chi connectivity index (χ3n) is 1.58. The van der Waals surface area contributed by atoms with E-state index in [9.17, 15) is 5.11 Å². The van der Waals surface area contributed by atoms with Crippen LogP contribution in [0.15, 0.2) is 24.5 Å². The summed E-state index contributed by atoms with van der Waals surface area (Å²) in [4.78, 5) is 3.92. The highest BCUT2D eigenvalue weighted by atomic mass is 16.3. The molecule has 1 N–H and O–H groups in total. The van der Waals surface area contributed by atoms with Gasteiger partial charge in [-0.15, -0.1) is 0 Å². The van der Waals surface area contributed by atoms with Crippen molar-refractivity contribution in [2.45, 2.75) is 26.9 Å². The van der Waals surface area contributed by atoms with E-state index in [4.69, 9.17) is 0 Å². The van der Waals surface area contributed by atoms with Gasteiger partial charge in [-0.05, 0) is 26.8 Å². The van der Waals surface area contributed by atoms with Crippen molar-refractivity contribution < 1.29 is 5.11 Å². The minimum atomic E-state index is -0.733. The van der Waals surface area contributed by atoms with Crippen LogP contribution < -0.4 is 0 Å². The molecule has 1 rings (SSSR count). The Morgan fingerprint density at radius 3 is 2.64 bits per heavy atom. The first-order valence-corrected chi connectivity index (χ1v) is 4.60. The molecule has 0 saturated heterocycles. The number of aliphatic hydroxyl groups is 1. The molecule has 0 fully saturated rings. The van der Waals surface area contributed by atoms with Gasteiger partial charge in [-0.25, -0.2) is 0 Å². The van der Waals surface area contributed by atoms with Gasteiger partial charge in [0.25, 0.3) is 0 Å². The molecule has 0 aromatic carbocycles. The lowest BCUT2D eigenvalue weighted by molar-refractivity contribution is 0.237. The fraction of sp³-hybridized carbons (Fsp3) is 0.417. The molecule has 1 aromatic heterocycles. The summed E-state index contributed by atoms with van der Waals surface area (Å²) < 4.78 is 0. The molecule has 1 heterocycles. The van der Waals surface area contributed by atoms with Crippen LogP contribution >= 0.6 is 0 Å². The van der Waals surface area contributed by atoms with Gasteiger partial charge in [-0.1, -0.05) is 17.9 Å². The van der Waals surface area contributed by atoms with E-state index in [1.807, 2.05) is 26.8 Å². The Labute approximate surface area is 85.0 Å². The van der Waals surface area contributed by atoms with Gasteiger partial charge in [-0.2, -0.15) is 0 Å². The highest BCUT2D eigenvalue weighted by Gasteiger charge is 2.06. The Bertz CT molecular complexity index is 340. The zero-order valence-corrected chi connectivity index (χ0v) is 8.78. The SMILES string of the molecule is CC(C)(C)C#CC(O)c1cccnc1. The average molecular weight is 189 g/mol. The molecular formula is C12H15NO. The summed E-state index contributed by atoms with van der Waals surface area (Å²) in [5.41, 5.74) is 0.660. The van der Waals surface area contributed by atoms with E-state index in [-0.39, 0.29) is 5.41 Å². The number of hydrogen-bond acceptors (Lipinski definition) is 2. The van der Waals surface area contributed by atoms with E-state index in [1.54, 1.807) is 18.5 Å². The van der Waals surface area contributed by atoms with Crippen LogP contribution in [0.3, 0.4) is 0 Å². The molecule has 2 nitrogen and oxygen atoms in total. The fourth-order valence-corrected chi connectivity index (χ4v) is 0.906. The molecule has 1 atom stereocenters. The Balaban J connectivity index is 2.76. The molecule has 1 aromatic rings. The number of pyridine rings is 1. The Morgan fingerprint density at radius 2 is 2.14 bits per heavy atom. The van der Waals surface area contributed by atoms with Gasteiger partial charge in [0.2, 0.25) is 0 Å². The van der Waals surface area contributed by atoms with Crippen LogP contribution in [0.1, 0.15) is 32.4 Å². The average Bonchev–Trinajstić information content (AvgIpc) is 2.14. The van der Waals surface area contributed by atoms with E-state index in [2.05, 4.69) is 16.8 Å². The van der Waals surface area contributed by atoms with Crippen LogP contribution in [0.2, 0.25) is 0 Å². The molecule has 2 heteroatoms. The fourth-order valence-electron chi connectivity index (χ4n) is 0.906. The van der Waals surface area contributed by atoms with E-state index in [0.717, 1.165) is 5.56 Å². The Hall–Kier alpha value is -1.33. The number of aliphatic hydroxyl groups excluding tert-OH is 1. The first kappa shape index (κ1) is 10.7. The van der Waals surface area contributed by atoms with Gasteiger partial charge in [0.05, 0.1) is 0 Å². The normalized spacial score (nSPS) is 12.9. The highest BCUT2D eigenvalue weighted by Crippen LogP contribution is 2.13. The van der Waals surface area contributed by atoms with E-state index < -0.39 is 6.10 Å². The molecule has 14 heavy (non-hydrogen) atoms. The smallest absolute Gasteiger partial charge is 0.141 e. The number of aromatic nitrogens is 1. The van der Waals surface area contributed by atoms with Gasteiger partial charge >= 0.3 is 0 Å². The summed E-state index contributed by atoms with van der Waals surface area (Å²) in [6.07, 6.45) is 2.57. The van der Waals surface area contributed by atoms with Crippen LogP contribution in [0.25, 0.3) is 0 Å². The molecular weight excluding hydrogens is 174 g/mol. The van der Waals surface area contributed by atoms with Crippen LogP contribution in [-0.4, -0.2) is 10.1 Å². The van der Waals surface area contributed by atoms with Gasteiger partial charge < -0.3 is 5.11 Å². The van der Waals surface area contributed by atoms with Crippen LogP contribution in [0.5, 0.6) is 0 Å². The monoisotopic (exact) mass is 189 g/mol. The van der Waals surface area contributed by atoms with E-state index in [0.29, 0.717) is 0 Å². The van der Waals surface area contributed by atoms with Crippen LogP contribution in [-0.2, 0) is 0 Å². The van der Waals surface area contributed by atoms with Gasteiger partial charge in [0.15, 0.2) is 0 Å².